The Balaban J connectivity index is 0.000000870. The first-order valence-corrected chi connectivity index (χ1v) is 12.9. The Kier molecular flexibility index (Phi) is 18.8. The summed E-state index contributed by atoms with van der Waals surface area (Å²) in [5.74, 6) is 1.26. The van der Waals surface area contributed by atoms with E-state index in [9.17, 15) is 0 Å². The van der Waals surface area contributed by atoms with Crippen LogP contribution in [0.1, 0.15) is 65.1 Å². The zero-order valence-electron chi connectivity index (χ0n) is 22.9. The third kappa shape index (κ3) is 12.9. The van der Waals surface area contributed by atoms with Crippen LogP contribution in [-0.4, -0.2) is 24.1 Å². The van der Waals surface area contributed by atoms with E-state index in [4.69, 9.17) is 0 Å². The number of rotatable bonds is 11. The van der Waals surface area contributed by atoms with Crippen LogP contribution in [-0.2, 0) is 0 Å². The lowest BCUT2D eigenvalue weighted by atomic mass is 9.95. The van der Waals surface area contributed by atoms with Gasteiger partial charge in [-0.1, -0.05) is 82.5 Å². The Bertz CT molecular complexity index is 821. The summed E-state index contributed by atoms with van der Waals surface area (Å²) in [5, 5.41) is 6.76. The molecule has 0 amide bonds. The Morgan fingerprint density at radius 3 is 2.34 bits per heavy atom. The highest BCUT2D eigenvalue weighted by molar-refractivity contribution is 5.72. The summed E-state index contributed by atoms with van der Waals surface area (Å²) >= 11 is 0. The van der Waals surface area contributed by atoms with Gasteiger partial charge in [-0.25, -0.2) is 0 Å². The van der Waals surface area contributed by atoms with Crippen LogP contribution in [0.4, 0.5) is 0 Å². The number of piperidine rings is 1. The van der Waals surface area contributed by atoms with E-state index in [0.717, 1.165) is 28.4 Å². The predicted octanol–water partition coefficient (Wildman–Crippen LogP) is 8.14. The highest BCUT2D eigenvalue weighted by Gasteiger charge is 2.12. The lowest BCUT2D eigenvalue weighted by molar-refractivity contribution is 0.378. The molecule has 35 heavy (non-hydrogen) atoms. The van der Waals surface area contributed by atoms with E-state index in [1.165, 1.54) is 32.4 Å². The third-order valence-corrected chi connectivity index (χ3v) is 5.75. The first kappa shape index (κ1) is 32.1. The SMILES string of the molecule is C=C/C=C\C(=C/C)c1ccc(C(=C)NC(C=C)C(C)/C=C/C)cn1.C=CCC1CCNCC1.CC. The average Bonchev–Trinajstić information content (AvgIpc) is 2.90. The molecule has 0 radical (unpaired) electrons. The van der Waals surface area contributed by atoms with Gasteiger partial charge < -0.3 is 10.6 Å². The van der Waals surface area contributed by atoms with Crippen molar-refractivity contribution in [3.8, 4) is 0 Å². The van der Waals surface area contributed by atoms with Gasteiger partial charge in [-0.05, 0) is 75.7 Å². The molecular formula is C32H49N3. The van der Waals surface area contributed by atoms with Gasteiger partial charge in [-0.2, -0.15) is 0 Å². The molecule has 2 atom stereocenters. The number of allylic oxidation sites excluding steroid dienone is 7. The summed E-state index contributed by atoms with van der Waals surface area (Å²) in [4.78, 5) is 4.54. The fraction of sp³-hybridized carbons (Fsp3) is 0.406. The van der Waals surface area contributed by atoms with Crippen molar-refractivity contribution in [1.82, 2.24) is 15.6 Å². The molecule has 0 bridgehead atoms. The predicted molar refractivity (Wildman–Crippen MR) is 159 cm³/mol. The first-order valence-electron chi connectivity index (χ1n) is 12.9. The molecule has 2 heterocycles. The first-order chi connectivity index (χ1) is 17.0. The van der Waals surface area contributed by atoms with Gasteiger partial charge >= 0.3 is 0 Å². The lowest BCUT2D eigenvalue weighted by Crippen LogP contribution is -2.30. The van der Waals surface area contributed by atoms with Crippen LogP contribution in [0.3, 0.4) is 0 Å². The van der Waals surface area contributed by atoms with Gasteiger partial charge in [0, 0.05) is 17.5 Å². The minimum absolute atomic E-state index is 0.134. The monoisotopic (exact) mass is 475 g/mol. The maximum Gasteiger partial charge on any atom is 0.0699 e. The van der Waals surface area contributed by atoms with Gasteiger partial charge in [0.05, 0.1) is 11.7 Å². The van der Waals surface area contributed by atoms with Gasteiger partial charge in [-0.15, -0.1) is 13.2 Å². The minimum Gasteiger partial charge on any atom is -0.378 e. The Hall–Kier alpha value is -2.91. The number of hydrogen-bond donors (Lipinski definition) is 2. The summed E-state index contributed by atoms with van der Waals surface area (Å²) in [6.07, 6.45) is 21.6. The highest BCUT2D eigenvalue weighted by atomic mass is 14.9. The van der Waals surface area contributed by atoms with Crippen molar-refractivity contribution in [2.75, 3.05) is 13.1 Å². The molecule has 0 aromatic carbocycles. The molecule has 0 aliphatic carbocycles. The fourth-order valence-electron chi connectivity index (χ4n) is 3.71. The Morgan fingerprint density at radius 2 is 1.86 bits per heavy atom. The zero-order valence-corrected chi connectivity index (χ0v) is 22.9. The topological polar surface area (TPSA) is 37.0 Å². The molecule has 2 unspecified atom stereocenters. The van der Waals surface area contributed by atoms with E-state index in [1.807, 2.05) is 76.4 Å². The van der Waals surface area contributed by atoms with Crippen LogP contribution < -0.4 is 10.6 Å². The molecule has 0 spiro atoms. The molecule has 3 heteroatoms. The Labute approximate surface area is 216 Å². The lowest BCUT2D eigenvalue weighted by Gasteiger charge is -2.22. The fourth-order valence-corrected chi connectivity index (χ4v) is 3.71. The van der Waals surface area contributed by atoms with E-state index in [1.54, 1.807) is 6.08 Å². The van der Waals surface area contributed by atoms with Crippen molar-refractivity contribution in [2.24, 2.45) is 11.8 Å². The van der Waals surface area contributed by atoms with Crippen LogP contribution >= 0.6 is 0 Å². The number of nitrogens with one attached hydrogen (secondary N) is 2. The average molecular weight is 476 g/mol. The van der Waals surface area contributed by atoms with Gasteiger partial charge in [0.15, 0.2) is 0 Å². The highest BCUT2D eigenvalue weighted by Crippen LogP contribution is 2.18. The molecule has 1 aromatic heterocycles. The molecular weight excluding hydrogens is 426 g/mol. The molecule has 2 N–H and O–H groups in total. The number of hydrogen-bond acceptors (Lipinski definition) is 3. The minimum atomic E-state index is 0.134. The summed E-state index contributed by atoms with van der Waals surface area (Å²) < 4.78 is 0. The van der Waals surface area contributed by atoms with Crippen molar-refractivity contribution in [1.29, 1.82) is 0 Å². The maximum absolute atomic E-state index is 4.54. The van der Waals surface area contributed by atoms with Gasteiger partial charge in [0.1, 0.15) is 0 Å². The number of pyridine rings is 1. The second-order valence-corrected chi connectivity index (χ2v) is 8.26. The normalized spacial score (nSPS) is 15.7. The van der Waals surface area contributed by atoms with Gasteiger partial charge in [0.2, 0.25) is 0 Å². The van der Waals surface area contributed by atoms with E-state index < -0.39 is 0 Å². The van der Waals surface area contributed by atoms with Crippen LogP contribution in [0, 0.1) is 11.8 Å². The molecule has 1 saturated heterocycles. The van der Waals surface area contributed by atoms with Crippen LogP contribution in [0.15, 0.2) is 93.3 Å². The van der Waals surface area contributed by atoms with E-state index in [-0.39, 0.29) is 6.04 Å². The van der Waals surface area contributed by atoms with Crippen molar-refractivity contribution in [2.45, 2.75) is 59.9 Å². The quantitative estimate of drug-likeness (QED) is 0.250. The van der Waals surface area contributed by atoms with Crippen molar-refractivity contribution < 1.29 is 0 Å². The number of nitrogens with zero attached hydrogens (tertiary/aromatic N) is 1. The standard InChI is InChI=1S/C22H28N2.C8H15N.C2H6/c1-7-11-13-19(9-3)22-15-14-20(16-23-22)18(6)24-21(10-4)17(5)12-8-2;1-2-3-8-4-6-9-7-5-8;1-2/h7-17,21,24H,1,4,6H2,2-3,5H3;2,8-9H,1,3-7H2;1-2H3/b12-8+,13-11-,19-9+;;. The second kappa shape index (κ2) is 20.5. The molecule has 1 aliphatic heterocycles. The second-order valence-electron chi connectivity index (χ2n) is 8.26. The molecule has 3 nitrogen and oxygen atoms in total. The third-order valence-electron chi connectivity index (χ3n) is 5.75. The summed E-state index contributed by atoms with van der Waals surface area (Å²) in [5.41, 5.74) is 3.81. The maximum atomic E-state index is 4.54. The van der Waals surface area contributed by atoms with Crippen LogP contribution in [0.5, 0.6) is 0 Å². The molecule has 1 aliphatic rings. The molecule has 192 valence electrons. The molecule has 1 fully saturated rings. The molecule has 2 rings (SSSR count). The van der Waals surface area contributed by atoms with Crippen LogP contribution in [0.2, 0.25) is 0 Å². The molecule has 0 saturated carbocycles. The summed E-state index contributed by atoms with van der Waals surface area (Å²) in [6.45, 7) is 28.1. The number of aromatic nitrogens is 1. The van der Waals surface area contributed by atoms with Crippen LogP contribution in [0.25, 0.3) is 11.3 Å². The van der Waals surface area contributed by atoms with E-state index in [0.29, 0.717) is 5.92 Å². The van der Waals surface area contributed by atoms with Crippen molar-refractivity contribution in [3.63, 3.8) is 0 Å². The Morgan fingerprint density at radius 1 is 1.17 bits per heavy atom. The van der Waals surface area contributed by atoms with Gasteiger partial charge in [0.25, 0.3) is 0 Å². The largest absolute Gasteiger partial charge is 0.378 e. The van der Waals surface area contributed by atoms with E-state index in [2.05, 4.69) is 61.0 Å². The smallest absolute Gasteiger partial charge is 0.0699 e. The molecule has 1 aromatic rings. The van der Waals surface area contributed by atoms with Gasteiger partial charge in [-0.3, -0.25) is 4.98 Å². The summed E-state index contributed by atoms with van der Waals surface area (Å²) in [6, 6.07) is 4.17. The van der Waals surface area contributed by atoms with Crippen molar-refractivity contribution in [3.05, 3.63) is 105 Å². The summed E-state index contributed by atoms with van der Waals surface area (Å²) in [7, 11) is 0. The van der Waals surface area contributed by atoms with Crippen molar-refractivity contribution >= 4 is 11.3 Å². The zero-order chi connectivity index (χ0) is 26.5. The van der Waals surface area contributed by atoms with E-state index >= 15 is 0 Å².